The molecule has 4 nitrogen and oxygen atoms in total. The fourth-order valence-corrected chi connectivity index (χ4v) is 1.71. The highest BCUT2D eigenvalue weighted by Gasteiger charge is 2.19. The minimum absolute atomic E-state index is 0.0353. The number of nitrogens with one attached hydrogen (secondary N) is 2. The van der Waals surface area contributed by atoms with Gasteiger partial charge in [-0.2, -0.15) is 0 Å². The Kier molecular flexibility index (Phi) is 3.42. The summed E-state index contributed by atoms with van der Waals surface area (Å²) < 4.78 is 0. The van der Waals surface area contributed by atoms with Crippen molar-refractivity contribution in [2.75, 3.05) is 19.6 Å². The zero-order valence-electron chi connectivity index (χ0n) is 8.57. The van der Waals surface area contributed by atoms with E-state index >= 15 is 0 Å². The number of Topliss-reactive ketones (excluding diaryl/α,β-unsaturated/α-hetero) is 1. The first-order valence-electron chi connectivity index (χ1n) is 5.22. The normalized spacial score (nSPS) is 21.2. The fourth-order valence-electron chi connectivity index (χ4n) is 1.71. The molecule has 1 aromatic heterocycles. The predicted molar refractivity (Wildman–Crippen MR) is 57.6 cm³/mol. The van der Waals surface area contributed by atoms with Crippen LogP contribution in [0.4, 0.5) is 0 Å². The largest absolute Gasteiger partial charge is 0.313 e. The third-order valence-electron chi connectivity index (χ3n) is 2.56. The topological polar surface area (TPSA) is 54.0 Å². The highest BCUT2D eigenvalue weighted by molar-refractivity contribution is 5.86. The van der Waals surface area contributed by atoms with Crippen LogP contribution in [0.15, 0.2) is 24.5 Å². The van der Waals surface area contributed by atoms with Crippen molar-refractivity contribution in [3.05, 3.63) is 30.1 Å². The van der Waals surface area contributed by atoms with Crippen molar-refractivity contribution in [1.29, 1.82) is 0 Å². The lowest BCUT2D eigenvalue weighted by Crippen LogP contribution is -2.52. The van der Waals surface area contributed by atoms with Gasteiger partial charge in [-0.15, -0.1) is 0 Å². The summed E-state index contributed by atoms with van der Waals surface area (Å²) in [6.45, 7) is 2.55. The van der Waals surface area contributed by atoms with Crippen molar-refractivity contribution in [3.63, 3.8) is 0 Å². The van der Waals surface area contributed by atoms with Gasteiger partial charge in [0.1, 0.15) is 0 Å². The van der Waals surface area contributed by atoms with Crippen molar-refractivity contribution >= 4 is 5.78 Å². The molecule has 80 valence electrons. The van der Waals surface area contributed by atoms with Crippen LogP contribution in [0.1, 0.15) is 5.56 Å². The molecule has 1 aliphatic heterocycles. The molecule has 1 saturated heterocycles. The molecule has 0 saturated carbocycles. The Bertz CT molecular complexity index is 320. The first-order valence-corrected chi connectivity index (χ1v) is 5.22. The minimum atomic E-state index is -0.0353. The number of carbonyl (C=O) groups is 1. The SMILES string of the molecule is O=C(Cc1ccncc1)C1CNCCN1. The Hall–Kier alpha value is -1.26. The van der Waals surface area contributed by atoms with E-state index in [4.69, 9.17) is 0 Å². The molecular formula is C11H15N3O. The van der Waals surface area contributed by atoms with Gasteiger partial charge in [0, 0.05) is 38.4 Å². The summed E-state index contributed by atoms with van der Waals surface area (Å²) >= 11 is 0. The maximum atomic E-state index is 11.8. The number of piperazine rings is 1. The third-order valence-corrected chi connectivity index (χ3v) is 2.56. The molecular weight excluding hydrogens is 190 g/mol. The van der Waals surface area contributed by atoms with Gasteiger partial charge in [-0.3, -0.25) is 9.78 Å². The van der Waals surface area contributed by atoms with Crippen molar-refractivity contribution in [2.45, 2.75) is 12.5 Å². The predicted octanol–water partition coefficient (Wildman–Crippen LogP) is -0.245. The van der Waals surface area contributed by atoms with E-state index < -0.39 is 0 Å². The fraction of sp³-hybridized carbons (Fsp3) is 0.455. The molecule has 0 aromatic carbocycles. The molecule has 2 N–H and O–H groups in total. The summed E-state index contributed by atoms with van der Waals surface area (Å²) in [5, 5.41) is 6.42. The van der Waals surface area contributed by atoms with Crippen LogP contribution in [-0.2, 0) is 11.2 Å². The average Bonchev–Trinajstić information content (AvgIpc) is 2.31. The van der Waals surface area contributed by atoms with Gasteiger partial charge in [0.15, 0.2) is 5.78 Å². The molecule has 0 amide bonds. The highest BCUT2D eigenvalue weighted by Crippen LogP contribution is 2.01. The van der Waals surface area contributed by atoms with Crippen molar-refractivity contribution in [1.82, 2.24) is 15.6 Å². The molecule has 1 atom stereocenters. The van der Waals surface area contributed by atoms with Gasteiger partial charge in [-0.05, 0) is 17.7 Å². The molecule has 1 aliphatic rings. The molecule has 0 radical (unpaired) electrons. The number of nitrogens with zero attached hydrogens (tertiary/aromatic N) is 1. The zero-order valence-corrected chi connectivity index (χ0v) is 8.57. The molecule has 0 bridgehead atoms. The Morgan fingerprint density at radius 2 is 2.20 bits per heavy atom. The van der Waals surface area contributed by atoms with Crippen molar-refractivity contribution in [2.24, 2.45) is 0 Å². The van der Waals surface area contributed by atoms with Gasteiger partial charge < -0.3 is 10.6 Å². The number of hydrogen-bond acceptors (Lipinski definition) is 4. The minimum Gasteiger partial charge on any atom is -0.313 e. The standard InChI is InChI=1S/C11H15N3O/c15-11(10-8-13-5-6-14-10)7-9-1-3-12-4-2-9/h1-4,10,13-14H,5-8H2. The van der Waals surface area contributed by atoms with Crippen LogP contribution >= 0.6 is 0 Å². The first-order chi connectivity index (χ1) is 7.36. The second-order valence-electron chi connectivity index (χ2n) is 3.71. The van der Waals surface area contributed by atoms with E-state index in [9.17, 15) is 4.79 Å². The first kappa shape index (κ1) is 10.3. The summed E-state index contributed by atoms with van der Waals surface area (Å²) in [5.41, 5.74) is 1.03. The van der Waals surface area contributed by atoms with Gasteiger partial charge in [-0.25, -0.2) is 0 Å². The van der Waals surface area contributed by atoms with Crippen LogP contribution in [0.5, 0.6) is 0 Å². The van der Waals surface area contributed by atoms with E-state index in [-0.39, 0.29) is 11.8 Å². The number of hydrogen-bond donors (Lipinski definition) is 2. The van der Waals surface area contributed by atoms with E-state index in [0.29, 0.717) is 6.42 Å². The van der Waals surface area contributed by atoms with Gasteiger partial charge in [-0.1, -0.05) is 0 Å². The molecule has 1 aromatic rings. The highest BCUT2D eigenvalue weighted by atomic mass is 16.1. The van der Waals surface area contributed by atoms with Gasteiger partial charge >= 0.3 is 0 Å². The maximum absolute atomic E-state index is 11.8. The summed E-state index contributed by atoms with van der Waals surface area (Å²) in [6.07, 6.45) is 3.92. The zero-order chi connectivity index (χ0) is 10.5. The molecule has 1 fully saturated rings. The molecule has 15 heavy (non-hydrogen) atoms. The van der Waals surface area contributed by atoms with Crippen LogP contribution in [0.3, 0.4) is 0 Å². The van der Waals surface area contributed by atoms with Crippen LogP contribution in [0.25, 0.3) is 0 Å². The summed E-state index contributed by atoms with van der Waals surface area (Å²) in [5.74, 6) is 0.244. The molecule has 0 aliphatic carbocycles. The van der Waals surface area contributed by atoms with E-state index in [2.05, 4.69) is 15.6 Å². The quantitative estimate of drug-likeness (QED) is 0.715. The number of ketones is 1. The summed E-state index contributed by atoms with van der Waals surface area (Å²) in [6, 6.07) is 3.73. The van der Waals surface area contributed by atoms with Crippen LogP contribution in [0, 0.1) is 0 Å². The van der Waals surface area contributed by atoms with Crippen LogP contribution in [-0.4, -0.2) is 36.4 Å². The summed E-state index contributed by atoms with van der Waals surface area (Å²) in [7, 11) is 0. The Balaban J connectivity index is 1.91. The van der Waals surface area contributed by atoms with E-state index in [1.807, 2.05) is 12.1 Å². The molecule has 0 spiro atoms. The second kappa shape index (κ2) is 5.00. The second-order valence-corrected chi connectivity index (χ2v) is 3.71. The number of aromatic nitrogens is 1. The molecule has 4 heteroatoms. The molecule has 2 heterocycles. The lowest BCUT2D eigenvalue weighted by Gasteiger charge is -2.23. The van der Waals surface area contributed by atoms with Crippen LogP contribution in [0.2, 0.25) is 0 Å². The van der Waals surface area contributed by atoms with Gasteiger partial charge in [0.2, 0.25) is 0 Å². The van der Waals surface area contributed by atoms with E-state index in [0.717, 1.165) is 25.2 Å². The monoisotopic (exact) mass is 205 g/mol. The van der Waals surface area contributed by atoms with Gasteiger partial charge in [0.05, 0.1) is 6.04 Å². The third kappa shape index (κ3) is 2.84. The average molecular weight is 205 g/mol. The lowest BCUT2D eigenvalue weighted by molar-refractivity contribution is -0.120. The summed E-state index contributed by atoms with van der Waals surface area (Å²) in [4.78, 5) is 15.8. The number of pyridine rings is 1. The number of carbonyl (C=O) groups excluding carboxylic acids is 1. The van der Waals surface area contributed by atoms with Gasteiger partial charge in [0.25, 0.3) is 0 Å². The Morgan fingerprint density at radius 3 is 2.87 bits per heavy atom. The van der Waals surface area contributed by atoms with Crippen molar-refractivity contribution < 1.29 is 4.79 Å². The molecule has 2 rings (SSSR count). The Morgan fingerprint density at radius 1 is 1.40 bits per heavy atom. The van der Waals surface area contributed by atoms with Crippen LogP contribution < -0.4 is 10.6 Å². The Labute approximate surface area is 89.1 Å². The van der Waals surface area contributed by atoms with Crippen molar-refractivity contribution in [3.8, 4) is 0 Å². The number of rotatable bonds is 3. The lowest BCUT2D eigenvalue weighted by atomic mass is 10.0. The van der Waals surface area contributed by atoms with E-state index in [1.165, 1.54) is 0 Å². The van der Waals surface area contributed by atoms with E-state index in [1.54, 1.807) is 12.4 Å². The smallest absolute Gasteiger partial charge is 0.155 e. The maximum Gasteiger partial charge on any atom is 0.155 e. The molecule has 1 unspecified atom stereocenters.